The molecule has 1 aromatic carbocycles. The molecule has 7 heteroatoms. The molecule has 0 saturated carbocycles. The number of carbonyl (C=O) groups is 1. The van der Waals surface area contributed by atoms with Crippen LogP contribution in [0.25, 0.3) is 0 Å². The van der Waals surface area contributed by atoms with Gasteiger partial charge in [-0.15, -0.1) is 0 Å². The molecule has 1 aliphatic rings. The van der Waals surface area contributed by atoms with Crippen LogP contribution >= 0.6 is 0 Å². The number of hydrogen-bond donors (Lipinski definition) is 1. The van der Waals surface area contributed by atoms with Gasteiger partial charge in [0.05, 0.1) is 17.2 Å². The van der Waals surface area contributed by atoms with E-state index in [0.29, 0.717) is 43.5 Å². The van der Waals surface area contributed by atoms with E-state index in [1.807, 2.05) is 6.92 Å². The maximum atomic E-state index is 12.9. The van der Waals surface area contributed by atoms with Gasteiger partial charge in [-0.3, -0.25) is 4.79 Å². The van der Waals surface area contributed by atoms with Crippen LogP contribution < -0.4 is 10.1 Å². The number of carbonyl (C=O) groups excluding carboxylic acids is 1. The SMILES string of the molecule is CCOc1ccc(S(=O)(=O)N2CCCCC2)cc1NC(=O)CCC(C)C. The van der Waals surface area contributed by atoms with Crippen LogP contribution in [0.2, 0.25) is 0 Å². The lowest BCUT2D eigenvalue weighted by molar-refractivity contribution is -0.116. The van der Waals surface area contributed by atoms with Gasteiger partial charge < -0.3 is 10.1 Å². The van der Waals surface area contributed by atoms with E-state index in [-0.39, 0.29) is 10.8 Å². The van der Waals surface area contributed by atoms with Crippen molar-refractivity contribution in [2.45, 2.75) is 57.8 Å². The number of hydrogen-bond acceptors (Lipinski definition) is 4. The second-order valence-electron chi connectivity index (χ2n) is 7.04. The van der Waals surface area contributed by atoms with E-state index >= 15 is 0 Å². The van der Waals surface area contributed by atoms with Crippen molar-refractivity contribution in [1.29, 1.82) is 0 Å². The lowest BCUT2D eigenvalue weighted by Gasteiger charge is -2.26. The molecule has 1 fully saturated rings. The number of nitrogens with zero attached hydrogens (tertiary/aromatic N) is 1. The summed E-state index contributed by atoms with van der Waals surface area (Å²) in [7, 11) is -3.55. The third kappa shape index (κ3) is 5.45. The topological polar surface area (TPSA) is 75.7 Å². The van der Waals surface area contributed by atoms with Gasteiger partial charge in [0, 0.05) is 19.5 Å². The molecule has 6 nitrogen and oxygen atoms in total. The largest absolute Gasteiger partial charge is 0.492 e. The fraction of sp³-hybridized carbons (Fsp3) is 0.632. The van der Waals surface area contributed by atoms with Crippen molar-refractivity contribution >= 4 is 21.6 Å². The number of benzene rings is 1. The monoisotopic (exact) mass is 382 g/mol. The van der Waals surface area contributed by atoms with Gasteiger partial charge in [-0.1, -0.05) is 20.3 Å². The molecule has 0 radical (unpaired) electrons. The van der Waals surface area contributed by atoms with Crippen molar-refractivity contribution in [3.8, 4) is 5.75 Å². The summed E-state index contributed by atoms with van der Waals surface area (Å²) < 4.78 is 32.8. The Kier molecular flexibility index (Phi) is 7.46. The molecule has 0 unspecified atom stereocenters. The van der Waals surface area contributed by atoms with Gasteiger partial charge in [-0.25, -0.2) is 8.42 Å². The first-order chi connectivity index (χ1) is 12.3. The number of nitrogens with one attached hydrogen (secondary N) is 1. The molecular formula is C19H30N2O4S. The van der Waals surface area contributed by atoms with Crippen LogP contribution in [0.4, 0.5) is 5.69 Å². The number of rotatable bonds is 8. The van der Waals surface area contributed by atoms with E-state index in [2.05, 4.69) is 19.2 Å². The molecule has 1 aromatic rings. The number of sulfonamides is 1. The van der Waals surface area contributed by atoms with Crippen LogP contribution in [0.5, 0.6) is 5.75 Å². The smallest absolute Gasteiger partial charge is 0.243 e. The molecule has 1 N–H and O–H groups in total. The van der Waals surface area contributed by atoms with E-state index < -0.39 is 10.0 Å². The molecule has 26 heavy (non-hydrogen) atoms. The van der Waals surface area contributed by atoms with E-state index in [4.69, 9.17) is 4.74 Å². The summed E-state index contributed by atoms with van der Waals surface area (Å²) in [6, 6.07) is 4.69. The maximum absolute atomic E-state index is 12.9. The summed E-state index contributed by atoms with van der Waals surface area (Å²) in [4.78, 5) is 12.4. The predicted octanol–water partition coefficient (Wildman–Crippen LogP) is 3.63. The zero-order valence-electron chi connectivity index (χ0n) is 16.0. The van der Waals surface area contributed by atoms with E-state index in [1.54, 1.807) is 12.1 Å². The number of amides is 1. The highest BCUT2D eigenvalue weighted by Crippen LogP contribution is 2.30. The molecule has 0 bridgehead atoms. The molecule has 0 spiro atoms. The number of piperidine rings is 1. The first-order valence-corrected chi connectivity index (χ1v) is 10.9. The fourth-order valence-corrected chi connectivity index (χ4v) is 4.48. The lowest BCUT2D eigenvalue weighted by atomic mass is 10.1. The molecular weight excluding hydrogens is 352 g/mol. The Hall–Kier alpha value is -1.60. The van der Waals surface area contributed by atoms with Gasteiger partial charge in [-0.05, 0) is 50.3 Å². The Morgan fingerprint density at radius 1 is 1.23 bits per heavy atom. The van der Waals surface area contributed by atoms with Crippen LogP contribution in [0.15, 0.2) is 23.1 Å². The second kappa shape index (κ2) is 9.37. The van der Waals surface area contributed by atoms with Gasteiger partial charge in [0.1, 0.15) is 5.75 Å². The third-order valence-electron chi connectivity index (χ3n) is 4.43. The van der Waals surface area contributed by atoms with Gasteiger partial charge in [0.2, 0.25) is 15.9 Å². The van der Waals surface area contributed by atoms with Crippen molar-refractivity contribution in [2.24, 2.45) is 5.92 Å². The Balaban J connectivity index is 2.24. The van der Waals surface area contributed by atoms with Crippen molar-refractivity contribution in [3.63, 3.8) is 0 Å². The van der Waals surface area contributed by atoms with Crippen LogP contribution in [-0.2, 0) is 14.8 Å². The quantitative estimate of drug-likeness (QED) is 0.745. The summed E-state index contributed by atoms with van der Waals surface area (Å²) in [5, 5.41) is 2.82. The highest BCUT2D eigenvalue weighted by molar-refractivity contribution is 7.89. The van der Waals surface area contributed by atoms with Crippen molar-refractivity contribution < 1.29 is 17.9 Å². The van der Waals surface area contributed by atoms with Gasteiger partial charge in [-0.2, -0.15) is 4.31 Å². The minimum Gasteiger partial charge on any atom is -0.492 e. The Labute approximate surface area is 157 Å². The minimum atomic E-state index is -3.55. The normalized spacial score (nSPS) is 15.8. The Bertz CT molecular complexity index is 710. The lowest BCUT2D eigenvalue weighted by Crippen LogP contribution is -2.35. The summed E-state index contributed by atoms with van der Waals surface area (Å²) in [6.07, 6.45) is 4.00. The molecule has 2 rings (SSSR count). The minimum absolute atomic E-state index is 0.132. The molecule has 0 aliphatic carbocycles. The van der Waals surface area contributed by atoms with Crippen molar-refractivity contribution in [1.82, 2.24) is 4.31 Å². The molecule has 1 aliphatic heterocycles. The molecule has 0 aromatic heterocycles. The van der Waals surface area contributed by atoms with Crippen LogP contribution in [0.3, 0.4) is 0 Å². The van der Waals surface area contributed by atoms with Crippen LogP contribution in [0, 0.1) is 5.92 Å². The van der Waals surface area contributed by atoms with Gasteiger partial charge in [0.15, 0.2) is 0 Å². The summed E-state index contributed by atoms with van der Waals surface area (Å²) in [5.41, 5.74) is 0.415. The molecule has 0 atom stereocenters. The average Bonchev–Trinajstić information content (AvgIpc) is 2.62. The predicted molar refractivity (Wildman–Crippen MR) is 103 cm³/mol. The third-order valence-corrected chi connectivity index (χ3v) is 6.32. The summed E-state index contributed by atoms with van der Waals surface area (Å²) in [5.74, 6) is 0.785. The first kappa shape index (κ1) is 20.7. The summed E-state index contributed by atoms with van der Waals surface area (Å²) in [6.45, 7) is 7.50. The second-order valence-corrected chi connectivity index (χ2v) is 8.97. The first-order valence-electron chi connectivity index (χ1n) is 9.41. The number of anilines is 1. The maximum Gasteiger partial charge on any atom is 0.243 e. The summed E-state index contributed by atoms with van der Waals surface area (Å²) >= 11 is 0. The Morgan fingerprint density at radius 2 is 1.92 bits per heavy atom. The number of ether oxygens (including phenoxy) is 1. The zero-order chi connectivity index (χ0) is 19.2. The fourth-order valence-electron chi connectivity index (χ4n) is 2.94. The zero-order valence-corrected chi connectivity index (χ0v) is 16.8. The van der Waals surface area contributed by atoms with Crippen molar-refractivity contribution in [2.75, 3.05) is 25.0 Å². The van der Waals surface area contributed by atoms with E-state index in [9.17, 15) is 13.2 Å². The van der Waals surface area contributed by atoms with Gasteiger partial charge >= 0.3 is 0 Å². The molecule has 146 valence electrons. The van der Waals surface area contributed by atoms with Crippen molar-refractivity contribution in [3.05, 3.63) is 18.2 Å². The van der Waals surface area contributed by atoms with Crippen LogP contribution in [-0.4, -0.2) is 38.3 Å². The van der Waals surface area contributed by atoms with Gasteiger partial charge in [0.25, 0.3) is 0 Å². The average molecular weight is 383 g/mol. The Morgan fingerprint density at radius 3 is 2.54 bits per heavy atom. The standard InChI is InChI=1S/C19H30N2O4S/c1-4-25-18-10-9-16(26(23,24)21-12-6-5-7-13-21)14-17(18)20-19(22)11-8-15(2)3/h9-10,14-15H,4-8,11-13H2,1-3H3,(H,20,22). The van der Waals surface area contributed by atoms with Crippen LogP contribution in [0.1, 0.15) is 52.9 Å². The highest BCUT2D eigenvalue weighted by Gasteiger charge is 2.27. The molecule has 1 amide bonds. The molecule has 1 saturated heterocycles. The van der Waals surface area contributed by atoms with E-state index in [0.717, 1.165) is 25.7 Å². The van der Waals surface area contributed by atoms with E-state index in [1.165, 1.54) is 10.4 Å². The highest BCUT2D eigenvalue weighted by atomic mass is 32.2. The molecule has 1 heterocycles.